The molecular formula is C21H20ClF3N6O3S. The molecule has 35 heavy (non-hydrogen) atoms. The van der Waals surface area contributed by atoms with E-state index in [0.717, 1.165) is 24.0 Å². The first-order valence-electron chi connectivity index (χ1n) is 10.3. The molecule has 0 saturated carbocycles. The molecule has 3 aromatic rings. The van der Waals surface area contributed by atoms with Crippen LogP contribution in [0.4, 0.5) is 19.0 Å². The number of aryl methyl sites for hydroxylation is 1. The lowest BCUT2D eigenvalue weighted by molar-refractivity contribution is -0.137. The molecule has 186 valence electrons. The molecule has 0 aliphatic rings. The molecular weight excluding hydrogens is 509 g/mol. The molecule has 0 aliphatic heterocycles. The van der Waals surface area contributed by atoms with Crippen molar-refractivity contribution < 1.29 is 27.9 Å². The summed E-state index contributed by atoms with van der Waals surface area (Å²) in [5.41, 5.74) is -0.286. The van der Waals surface area contributed by atoms with Gasteiger partial charge < -0.3 is 15.7 Å². The van der Waals surface area contributed by atoms with Gasteiger partial charge in [-0.3, -0.25) is 9.59 Å². The Bertz CT molecular complexity index is 1210. The van der Waals surface area contributed by atoms with E-state index in [2.05, 4.69) is 30.6 Å². The van der Waals surface area contributed by atoms with Crippen molar-refractivity contribution in [2.45, 2.75) is 38.4 Å². The van der Waals surface area contributed by atoms with Gasteiger partial charge in [0.2, 0.25) is 0 Å². The Labute approximate surface area is 206 Å². The molecule has 3 heterocycles. The van der Waals surface area contributed by atoms with Gasteiger partial charge in [-0.1, -0.05) is 11.6 Å². The van der Waals surface area contributed by atoms with Gasteiger partial charge in [0.05, 0.1) is 22.8 Å². The minimum absolute atomic E-state index is 0.0779. The molecule has 0 aliphatic carbocycles. The number of carbonyl (C=O) groups is 2. The number of hydrogen-bond donors (Lipinski definition) is 3. The number of carbonyl (C=O) groups excluding carboxylic acids is 2. The summed E-state index contributed by atoms with van der Waals surface area (Å²) >= 11 is 6.51. The number of hydrogen-bond acceptors (Lipinski definition) is 8. The first kappa shape index (κ1) is 26.4. The van der Waals surface area contributed by atoms with Gasteiger partial charge in [-0.15, -0.1) is 11.3 Å². The fourth-order valence-electron chi connectivity index (χ4n) is 2.90. The Morgan fingerprint density at radius 1 is 1.11 bits per heavy atom. The van der Waals surface area contributed by atoms with E-state index in [1.165, 1.54) is 12.5 Å². The summed E-state index contributed by atoms with van der Waals surface area (Å²) in [5.74, 6) is -1.49. The zero-order valence-corrected chi connectivity index (χ0v) is 19.8. The minimum Gasteiger partial charge on any atom is -0.396 e. The van der Waals surface area contributed by atoms with Gasteiger partial charge in [0.25, 0.3) is 11.8 Å². The van der Waals surface area contributed by atoms with Crippen molar-refractivity contribution >= 4 is 40.6 Å². The lowest BCUT2D eigenvalue weighted by atomic mass is 10.1. The normalized spacial score (nSPS) is 12.3. The van der Waals surface area contributed by atoms with Crippen LogP contribution in [0.5, 0.6) is 0 Å². The lowest BCUT2D eigenvalue weighted by Gasteiger charge is -2.11. The maximum atomic E-state index is 13.0. The first-order chi connectivity index (χ1) is 16.6. The number of nitrogens with one attached hydrogen (secondary N) is 2. The summed E-state index contributed by atoms with van der Waals surface area (Å²) in [6.45, 7) is 1.74. The number of aromatic nitrogens is 4. The summed E-state index contributed by atoms with van der Waals surface area (Å²) in [6.07, 6.45) is 0.585. The second-order valence-electron chi connectivity index (χ2n) is 7.33. The van der Waals surface area contributed by atoms with Crippen LogP contribution in [-0.4, -0.2) is 43.5 Å². The van der Waals surface area contributed by atoms with Crippen LogP contribution in [0.3, 0.4) is 0 Å². The predicted molar refractivity (Wildman–Crippen MR) is 122 cm³/mol. The Balaban J connectivity index is 1.63. The highest BCUT2D eigenvalue weighted by Crippen LogP contribution is 2.35. The van der Waals surface area contributed by atoms with Crippen molar-refractivity contribution in [3.05, 3.63) is 62.7 Å². The molecule has 9 nitrogen and oxygen atoms in total. The molecule has 0 fully saturated rings. The predicted octanol–water partition coefficient (Wildman–Crippen LogP) is 4.06. The zero-order chi connectivity index (χ0) is 25.6. The monoisotopic (exact) mass is 528 g/mol. The van der Waals surface area contributed by atoms with E-state index in [0.29, 0.717) is 29.6 Å². The highest BCUT2D eigenvalue weighted by molar-refractivity contribution is 7.13. The molecule has 0 spiro atoms. The number of pyridine rings is 1. The number of amides is 2. The molecule has 0 saturated heterocycles. The van der Waals surface area contributed by atoms with Crippen molar-refractivity contribution in [2.75, 3.05) is 11.9 Å². The first-order valence-corrected chi connectivity index (χ1v) is 11.5. The van der Waals surface area contributed by atoms with Gasteiger partial charge in [0.15, 0.2) is 0 Å². The van der Waals surface area contributed by atoms with E-state index in [9.17, 15) is 22.8 Å². The van der Waals surface area contributed by atoms with E-state index in [1.54, 1.807) is 13.0 Å². The Kier molecular flexibility index (Phi) is 8.70. The quantitative estimate of drug-likeness (QED) is 0.357. The summed E-state index contributed by atoms with van der Waals surface area (Å²) < 4.78 is 39.0. The highest BCUT2D eigenvalue weighted by atomic mass is 35.5. The Hall–Kier alpha value is -3.16. The Morgan fingerprint density at radius 2 is 1.89 bits per heavy atom. The topological polar surface area (TPSA) is 130 Å². The standard InChI is InChI=1S/C21H20ClF3N6O3S/c1-11(30-18(33)15-6-12(28-10-29-15)4-2-3-5-32)20-27-9-16(35-20)19(34)31-17-7-13(21(23,24)25)14(22)8-26-17/h6-11,32H,2-5H2,1H3,(H,30,33)(H,26,31,34). The number of rotatable bonds is 9. The molecule has 0 bridgehead atoms. The van der Waals surface area contributed by atoms with Crippen LogP contribution >= 0.6 is 22.9 Å². The van der Waals surface area contributed by atoms with Crippen molar-refractivity contribution in [2.24, 2.45) is 0 Å². The number of anilines is 1. The second-order valence-corrected chi connectivity index (χ2v) is 8.80. The summed E-state index contributed by atoms with van der Waals surface area (Å²) in [7, 11) is 0. The average molecular weight is 529 g/mol. The molecule has 3 N–H and O–H groups in total. The second kappa shape index (κ2) is 11.5. The smallest absolute Gasteiger partial charge is 0.396 e. The number of alkyl halides is 3. The molecule has 2 amide bonds. The SMILES string of the molecule is CC(NC(=O)c1cc(CCCCO)ncn1)c1ncc(C(=O)Nc2cc(C(F)(F)F)c(Cl)cn2)s1. The third-order valence-electron chi connectivity index (χ3n) is 4.67. The van der Waals surface area contributed by atoms with Crippen LogP contribution < -0.4 is 10.6 Å². The van der Waals surface area contributed by atoms with Crippen LogP contribution in [0, 0.1) is 0 Å². The summed E-state index contributed by atoms with van der Waals surface area (Å²) in [4.78, 5) is 41.1. The van der Waals surface area contributed by atoms with Crippen LogP contribution in [0.2, 0.25) is 5.02 Å². The third-order valence-corrected chi connectivity index (χ3v) is 6.15. The molecule has 1 atom stereocenters. The number of halogens is 4. The fraction of sp³-hybridized carbons (Fsp3) is 0.333. The lowest BCUT2D eigenvalue weighted by Crippen LogP contribution is -2.27. The minimum atomic E-state index is -4.70. The summed E-state index contributed by atoms with van der Waals surface area (Å²) in [5, 5.41) is 13.7. The van der Waals surface area contributed by atoms with E-state index < -0.39 is 34.6 Å². The van der Waals surface area contributed by atoms with Crippen LogP contribution in [0.15, 0.2) is 30.9 Å². The number of unbranched alkanes of at least 4 members (excludes halogenated alkanes) is 1. The number of nitrogens with zero attached hydrogens (tertiary/aromatic N) is 4. The van der Waals surface area contributed by atoms with Gasteiger partial charge in [-0.05, 0) is 38.3 Å². The highest BCUT2D eigenvalue weighted by Gasteiger charge is 2.34. The van der Waals surface area contributed by atoms with Crippen molar-refractivity contribution in [1.82, 2.24) is 25.3 Å². The van der Waals surface area contributed by atoms with Crippen molar-refractivity contribution in [3.8, 4) is 0 Å². The van der Waals surface area contributed by atoms with Crippen LogP contribution in [-0.2, 0) is 12.6 Å². The van der Waals surface area contributed by atoms with E-state index in [-0.39, 0.29) is 23.0 Å². The third kappa shape index (κ3) is 7.16. The van der Waals surface area contributed by atoms with E-state index in [1.807, 2.05) is 0 Å². The Morgan fingerprint density at radius 3 is 2.60 bits per heavy atom. The number of aliphatic hydroxyl groups excluding tert-OH is 1. The molecule has 3 aromatic heterocycles. The molecule has 1 unspecified atom stereocenters. The number of aliphatic hydroxyl groups is 1. The summed E-state index contributed by atoms with van der Waals surface area (Å²) in [6, 6.07) is 1.63. The van der Waals surface area contributed by atoms with Crippen molar-refractivity contribution in [3.63, 3.8) is 0 Å². The largest absolute Gasteiger partial charge is 0.418 e. The molecule has 14 heteroatoms. The van der Waals surface area contributed by atoms with Gasteiger partial charge in [-0.2, -0.15) is 13.2 Å². The van der Waals surface area contributed by atoms with Gasteiger partial charge in [0.1, 0.15) is 27.7 Å². The van der Waals surface area contributed by atoms with E-state index >= 15 is 0 Å². The molecule has 3 rings (SSSR count). The van der Waals surface area contributed by atoms with Gasteiger partial charge in [0, 0.05) is 18.5 Å². The fourth-order valence-corrected chi connectivity index (χ4v) is 3.93. The zero-order valence-electron chi connectivity index (χ0n) is 18.3. The molecule has 0 aromatic carbocycles. The average Bonchev–Trinajstić information content (AvgIpc) is 3.31. The van der Waals surface area contributed by atoms with Crippen LogP contribution in [0.1, 0.15) is 62.2 Å². The molecule has 0 radical (unpaired) electrons. The maximum absolute atomic E-state index is 13.0. The van der Waals surface area contributed by atoms with Gasteiger partial charge >= 0.3 is 6.18 Å². The van der Waals surface area contributed by atoms with Crippen LogP contribution in [0.25, 0.3) is 0 Å². The van der Waals surface area contributed by atoms with Gasteiger partial charge in [-0.25, -0.2) is 19.9 Å². The maximum Gasteiger partial charge on any atom is 0.418 e. The van der Waals surface area contributed by atoms with E-state index in [4.69, 9.17) is 16.7 Å². The van der Waals surface area contributed by atoms with Crippen molar-refractivity contribution in [1.29, 1.82) is 0 Å². The number of thiazole rings is 1.